The number of amides is 2. The van der Waals surface area contributed by atoms with Gasteiger partial charge in [0.2, 0.25) is 0 Å². The maximum Gasteiger partial charge on any atom is 0.409 e. The highest BCUT2D eigenvalue weighted by Gasteiger charge is 2.24. The van der Waals surface area contributed by atoms with E-state index >= 15 is 0 Å². The number of carbonyl (C=O) groups excluding carboxylic acids is 3. The molecule has 0 spiro atoms. The number of esters is 1. The van der Waals surface area contributed by atoms with E-state index in [0.29, 0.717) is 32.5 Å². The van der Waals surface area contributed by atoms with Crippen LogP contribution in [0.15, 0.2) is 21.9 Å². The normalized spacial score (nSPS) is 14.6. The third kappa shape index (κ3) is 6.06. The van der Waals surface area contributed by atoms with Gasteiger partial charge < -0.3 is 24.3 Å². The van der Waals surface area contributed by atoms with Gasteiger partial charge in [0, 0.05) is 45.5 Å². The number of aromatic nitrogens is 2. The number of carbonyl (C=O) groups is 3. The summed E-state index contributed by atoms with van der Waals surface area (Å²) in [4.78, 5) is 60.7. The molecule has 2 amide bonds. The molecule has 0 unspecified atom stereocenters. The van der Waals surface area contributed by atoms with Crippen molar-refractivity contribution >= 4 is 24.0 Å². The van der Waals surface area contributed by atoms with Crippen LogP contribution in [0.4, 0.5) is 4.79 Å². The quantitative estimate of drug-likeness (QED) is 0.478. The van der Waals surface area contributed by atoms with Crippen LogP contribution in [-0.2, 0) is 33.2 Å². The van der Waals surface area contributed by atoms with Crippen LogP contribution in [0.1, 0.15) is 25.3 Å². The van der Waals surface area contributed by atoms with Crippen molar-refractivity contribution in [2.45, 2.75) is 25.8 Å². The fourth-order valence-electron chi connectivity index (χ4n) is 2.98. The lowest BCUT2D eigenvalue weighted by Crippen LogP contribution is -2.47. The predicted octanol–water partition coefficient (Wildman–Crippen LogP) is -0.622. The van der Waals surface area contributed by atoms with E-state index in [1.54, 1.807) is 11.8 Å². The summed E-state index contributed by atoms with van der Waals surface area (Å²) in [7, 11) is 2.82. The molecule has 164 valence electrons. The van der Waals surface area contributed by atoms with E-state index in [9.17, 15) is 24.0 Å². The average Bonchev–Trinajstić information content (AvgIpc) is 2.73. The molecule has 30 heavy (non-hydrogen) atoms. The lowest BCUT2D eigenvalue weighted by atomic mass is 10.1. The molecular formula is C19H26N4O7. The second-order valence-electron chi connectivity index (χ2n) is 6.81. The molecule has 1 saturated heterocycles. The summed E-state index contributed by atoms with van der Waals surface area (Å²) in [6, 6.07) is -0.119. The zero-order chi connectivity index (χ0) is 22.3. The number of ether oxygens (including phenoxy) is 2. The molecule has 1 aromatic heterocycles. The van der Waals surface area contributed by atoms with Gasteiger partial charge in [0.1, 0.15) is 0 Å². The standard InChI is InChI=1S/C19H26N4O7/c1-4-29-19(28)23-9-7-14(8-10-23)20-15(24)12-30-16(25)6-5-13-11-21(2)18(27)22(3)17(13)26/h5-6,11,14H,4,7-10,12H2,1-3H3,(H,20,24). The second-order valence-corrected chi connectivity index (χ2v) is 6.81. The van der Waals surface area contributed by atoms with Gasteiger partial charge in [-0.25, -0.2) is 14.4 Å². The van der Waals surface area contributed by atoms with Crippen molar-refractivity contribution in [1.82, 2.24) is 19.4 Å². The number of rotatable bonds is 6. The van der Waals surface area contributed by atoms with Crippen molar-refractivity contribution in [2.75, 3.05) is 26.3 Å². The molecule has 1 aliphatic rings. The van der Waals surface area contributed by atoms with E-state index < -0.39 is 29.7 Å². The van der Waals surface area contributed by atoms with Crippen molar-refractivity contribution < 1.29 is 23.9 Å². The van der Waals surface area contributed by atoms with Crippen molar-refractivity contribution in [1.29, 1.82) is 0 Å². The minimum atomic E-state index is -0.793. The molecule has 1 aromatic rings. The maximum atomic E-state index is 12.0. The highest BCUT2D eigenvalue weighted by molar-refractivity contribution is 5.89. The summed E-state index contributed by atoms with van der Waals surface area (Å²) in [5.74, 6) is -1.25. The van der Waals surface area contributed by atoms with E-state index in [4.69, 9.17) is 9.47 Å². The monoisotopic (exact) mass is 422 g/mol. The van der Waals surface area contributed by atoms with Gasteiger partial charge in [0.25, 0.3) is 11.5 Å². The predicted molar refractivity (Wildman–Crippen MR) is 107 cm³/mol. The van der Waals surface area contributed by atoms with E-state index in [1.807, 2.05) is 0 Å². The Hall–Kier alpha value is -3.37. The summed E-state index contributed by atoms with van der Waals surface area (Å²) < 4.78 is 12.0. The number of piperidine rings is 1. The number of aryl methyl sites for hydroxylation is 1. The van der Waals surface area contributed by atoms with Crippen LogP contribution in [0.25, 0.3) is 6.08 Å². The van der Waals surface area contributed by atoms with Crippen LogP contribution in [-0.4, -0.2) is 64.3 Å². The molecule has 1 N–H and O–H groups in total. The Morgan fingerprint density at radius 3 is 2.47 bits per heavy atom. The number of hydrogen-bond donors (Lipinski definition) is 1. The molecule has 0 saturated carbocycles. The highest BCUT2D eigenvalue weighted by Crippen LogP contribution is 2.11. The first-order valence-corrected chi connectivity index (χ1v) is 9.55. The fourth-order valence-corrected chi connectivity index (χ4v) is 2.98. The zero-order valence-electron chi connectivity index (χ0n) is 17.3. The summed E-state index contributed by atoms with van der Waals surface area (Å²) in [5, 5.41) is 2.76. The first-order chi connectivity index (χ1) is 14.2. The molecule has 1 aliphatic heterocycles. The van der Waals surface area contributed by atoms with Crippen LogP contribution >= 0.6 is 0 Å². The average molecular weight is 422 g/mol. The van der Waals surface area contributed by atoms with E-state index in [0.717, 1.165) is 10.6 Å². The molecule has 11 heteroatoms. The number of nitrogens with one attached hydrogen (secondary N) is 1. The van der Waals surface area contributed by atoms with Crippen molar-refractivity contribution in [2.24, 2.45) is 14.1 Å². The molecule has 1 fully saturated rings. The van der Waals surface area contributed by atoms with Crippen LogP contribution in [0.2, 0.25) is 0 Å². The molecule has 0 aliphatic carbocycles. The Morgan fingerprint density at radius 1 is 1.17 bits per heavy atom. The maximum absolute atomic E-state index is 12.0. The third-order valence-electron chi connectivity index (χ3n) is 4.60. The second kappa shape index (κ2) is 10.4. The summed E-state index contributed by atoms with van der Waals surface area (Å²) in [5.41, 5.74) is -0.895. The van der Waals surface area contributed by atoms with Crippen LogP contribution < -0.4 is 16.6 Å². The summed E-state index contributed by atoms with van der Waals surface area (Å²) in [6.07, 6.45) is 4.35. The first kappa shape index (κ1) is 22.9. The Balaban J connectivity index is 1.78. The molecule has 0 bridgehead atoms. The van der Waals surface area contributed by atoms with E-state index in [2.05, 4.69) is 5.32 Å². The van der Waals surface area contributed by atoms with Gasteiger partial charge in [0.15, 0.2) is 6.61 Å². The van der Waals surface area contributed by atoms with E-state index in [-0.39, 0.29) is 17.7 Å². The molecule has 2 heterocycles. The number of likely N-dealkylation sites (tertiary alicyclic amines) is 1. The number of hydrogen-bond acceptors (Lipinski definition) is 7. The Labute approximate surface area is 172 Å². The van der Waals surface area contributed by atoms with Crippen molar-refractivity contribution in [3.8, 4) is 0 Å². The highest BCUT2D eigenvalue weighted by atomic mass is 16.6. The Bertz CT molecular complexity index is 939. The molecule has 11 nitrogen and oxygen atoms in total. The van der Waals surface area contributed by atoms with Crippen LogP contribution in [0.3, 0.4) is 0 Å². The topological polar surface area (TPSA) is 129 Å². The molecule has 0 radical (unpaired) electrons. The van der Waals surface area contributed by atoms with E-state index in [1.165, 1.54) is 30.9 Å². The molecule has 0 atom stereocenters. The number of nitrogens with zero attached hydrogens (tertiary/aromatic N) is 3. The third-order valence-corrected chi connectivity index (χ3v) is 4.60. The Morgan fingerprint density at radius 2 is 1.83 bits per heavy atom. The van der Waals surface area contributed by atoms with Gasteiger partial charge in [0.05, 0.1) is 12.2 Å². The Kier molecular flexibility index (Phi) is 7.96. The first-order valence-electron chi connectivity index (χ1n) is 9.55. The van der Waals surface area contributed by atoms with Gasteiger partial charge in [-0.05, 0) is 25.8 Å². The van der Waals surface area contributed by atoms with Crippen molar-refractivity contribution in [3.05, 3.63) is 38.7 Å². The van der Waals surface area contributed by atoms with Gasteiger partial charge in [-0.15, -0.1) is 0 Å². The van der Waals surface area contributed by atoms with Crippen LogP contribution in [0.5, 0.6) is 0 Å². The fraction of sp³-hybridized carbons (Fsp3) is 0.526. The van der Waals surface area contributed by atoms with Gasteiger partial charge in [-0.1, -0.05) is 0 Å². The van der Waals surface area contributed by atoms with Crippen molar-refractivity contribution in [3.63, 3.8) is 0 Å². The van der Waals surface area contributed by atoms with Crippen LogP contribution in [0, 0.1) is 0 Å². The largest absolute Gasteiger partial charge is 0.452 e. The smallest absolute Gasteiger partial charge is 0.409 e. The summed E-state index contributed by atoms with van der Waals surface area (Å²) in [6.45, 7) is 2.53. The lowest BCUT2D eigenvalue weighted by Gasteiger charge is -2.31. The molecule has 2 rings (SSSR count). The molecular weight excluding hydrogens is 396 g/mol. The SMILES string of the molecule is CCOC(=O)N1CCC(NC(=O)COC(=O)C=Cc2cn(C)c(=O)n(C)c2=O)CC1. The minimum absolute atomic E-state index is 0.119. The zero-order valence-corrected chi connectivity index (χ0v) is 17.3. The van der Waals surface area contributed by atoms with Gasteiger partial charge in [-0.3, -0.25) is 14.2 Å². The van der Waals surface area contributed by atoms with Gasteiger partial charge >= 0.3 is 17.8 Å². The summed E-state index contributed by atoms with van der Waals surface area (Å²) >= 11 is 0. The van der Waals surface area contributed by atoms with Gasteiger partial charge in [-0.2, -0.15) is 0 Å². The lowest BCUT2D eigenvalue weighted by molar-refractivity contribution is -0.144. The molecule has 0 aromatic carbocycles. The minimum Gasteiger partial charge on any atom is -0.452 e.